The lowest BCUT2D eigenvalue weighted by atomic mass is 9.85. The summed E-state index contributed by atoms with van der Waals surface area (Å²) in [4.78, 5) is 0. The summed E-state index contributed by atoms with van der Waals surface area (Å²) in [7, 11) is 0. The Balaban J connectivity index is 1.41. The van der Waals surface area contributed by atoms with Crippen LogP contribution in [-0.2, 0) is 0 Å². The molecule has 0 nitrogen and oxygen atoms in total. The van der Waals surface area contributed by atoms with E-state index in [1.165, 1.54) is 84.1 Å². The Hall–Kier alpha value is -4.50. The van der Waals surface area contributed by atoms with Crippen LogP contribution in [0.25, 0.3) is 84.1 Å². The first-order chi connectivity index (χ1) is 19.8. The van der Waals surface area contributed by atoms with Gasteiger partial charge in [-0.15, -0.1) is 22.7 Å². The second-order valence-electron chi connectivity index (χ2n) is 10.4. The molecule has 0 unspecified atom stereocenters. The van der Waals surface area contributed by atoms with Crippen molar-refractivity contribution in [1.82, 2.24) is 0 Å². The summed E-state index contributed by atoms with van der Waals surface area (Å²) in [5.74, 6) is 0. The fourth-order valence-corrected chi connectivity index (χ4v) is 9.26. The van der Waals surface area contributed by atoms with Gasteiger partial charge in [0.2, 0.25) is 0 Å². The molecule has 0 aliphatic heterocycles. The maximum atomic E-state index is 2.35. The molecule has 9 aromatic rings. The molecule has 40 heavy (non-hydrogen) atoms. The summed E-state index contributed by atoms with van der Waals surface area (Å²) < 4.78 is 5.56. The Morgan fingerprint density at radius 2 is 0.925 bits per heavy atom. The number of thiophene rings is 2. The molecule has 0 saturated carbocycles. The molecule has 0 N–H and O–H groups in total. The first-order valence-electron chi connectivity index (χ1n) is 13.6. The van der Waals surface area contributed by atoms with Crippen molar-refractivity contribution in [3.8, 4) is 22.3 Å². The summed E-state index contributed by atoms with van der Waals surface area (Å²) >= 11 is 3.87. The van der Waals surface area contributed by atoms with Crippen LogP contribution >= 0.6 is 22.7 Å². The Bertz CT molecular complexity index is 2380. The molecule has 2 heteroatoms. The van der Waals surface area contributed by atoms with E-state index in [0.717, 1.165) is 0 Å². The van der Waals surface area contributed by atoms with Crippen LogP contribution in [0.2, 0.25) is 0 Å². The quantitative estimate of drug-likeness (QED) is 0.191. The van der Waals surface area contributed by atoms with Crippen molar-refractivity contribution >= 4 is 84.6 Å². The first-order valence-corrected chi connectivity index (χ1v) is 15.2. The van der Waals surface area contributed by atoms with Gasteiger partial charge in [-0.2, -0.15) is 0 Å². The van der Waals surface area contributed by atoms with E-state index in [0.29, 0.717) is 0 Å². The summed E-state index contributed by atoms with van der Waals surface area (Å²) in [5.41, 5.74) is 5.23. The number of hydrogen-bond donors (Lipinski definition) is 0. The average molecular weight is 543 g/mol. The molecule has 0 bridgehead atoms. The zero-order valence-electron chi connectivity index (χ0n) is 21.5. The predicted octanol–water partition coefficient (Wildman–Crippen LogP) is 12.1. The molecule has 0 aliphatic carbocycles. The molecule has 0 saturated heterocycles. The van der Waals surface area contributed by atoms with Gasteiger partial charge in [0.15, 0.2) is 0 Å². The summed E-state index contributed by atoms with van der Waals surface area (Å²) in [6, 6.07) is 49.2. The summed E-state index contributed by atoms with van der Waals surface area (Å²) in [6.45, 7) is 0. The van der Waals surface area contributed by atoms with Crippen LogP contribution in [0.5, 0.6) is 0 Å². The van der Waals surface area contributed by atoms with Gasteiger partial charge >= 0.3 is 0 Å². The third-order valence-electron chi connectivity index (χ3n) is 8.25. The molecule has 0 atom stereocenters. The van der Waals surface area contributed by atoms with Crippen LogP contribution < -0.4 is 0 Å². The topological polar surface area (TPSA) is 0 Å². The summed E-state index contributed by atoms with van der Waals surface area (Å²) in [6.07, 6.45) is 0. The molecule has 0 amide bonds. The minimum Gasteiger partial charge on any atom is -0.134 e. The Labute approximate surface area is 239 Å². The van der Waals surface area contributed by atoms with E-state index >= 15 is 0 Å². The third-order valence-corrected chi connectivity index (χ3v) is 10.9. The average Bonchev–Trinajstić information content (AvgIpc) is 3.56. The minimum atomic E-state index is 1.26. The van der Waals surface area contributed by atoms with E-state index in [-0.39, 0.29) is 0 Å². The fraction of sp³-hybridized carbons (Fsp3) is 0. The van der Waals surface area contributed by atoms with Crippen molar-refractivity contribution < 1.29 is 0 Å². The van der Waals surface area contributed by atoms with E-state index in [1.807, 2.05) is 22.7 Å². The fourth-order valence-electron chi connectivity index (χ4n) is 6.50. The zero-order valence-corrected chi connectivity index (χ0v) is 23.2. The van der Waals surface area contributed by atoms with E-state index in [9.17, 15) is 0 Å². The molecule has 186 valence electrons. The molecular formula is C38H22S2. The predicted molar refractivity (Wildman–Crippen MR) is 178 cm³/mol. The Morgan fingerprint density at radius 3 is 1.68 bits per heavy atom. The van der Waals surface area contributed by atoms with Gasteiger partial charge in [0.25, 0.3) is 0 Å². The van der Waals surface area contributed by atoms with Crippen LogP contribution in [0.1, 0.15) is 0 Å². The molecule has 0 radical (unpaired) electrons. The van der Waals surface area contributed by atoms with Crippen molar-refractivity contribution in [2.45, 2.75) is 0 Å². The highest BCUT2D eigenvalue weighted by molar-refractivity contribution is 7.36. The molecule has 9 rings (SSSR count). The lowest BCUT2D eigenvalue weighted by molar-refractivity contribution is 1.69. The first kappa shape index (κ1) is 22.3. The van der Waals surface area contributed by atoms with Gasteiger partial charge in [0.05, 0.1) is 9.40 Å². The standard InChI is InChI=1S/C38H22S2/c1-2-11-24-22-25(21-20-23(24)10-1)34-26-12-3-5-14-28(26)35(29-15-6-4-13-27(29)34)31-17-9-18-32-36(31)40-37-30-16-7-8-19-33(30)39-38(32)37/h1-22H. The molecule has 7 aromatic carbocycles. The molecule has 0 aliphatic rings. The van der Waals surface area contributed by atoms with Crippen molar-refractivity contribution in [3.05, 3.63) is 133 Å². The van der Waals surface area contributed by atoms with Crippen LogP contribution in [0, 0.1) is 0 Å². The van der Waals surface area contributed by atoms with Gasteiger partial charge in [-0.3, -0.25) is 0 Å². The highest BCUT2D eigenvalue weighted by Gasteiger charge is 2.20. The largest absolute Gasteiger partial charge is 0.134 e. The molecular weight excluding hydrogens is 521 g/mol. The number of rotatable bonds is 2. The maximum absolute atomic E-state index is 2.35. The van der Waals surface area contributed by atoms with E-state index in [1.54, 1.807) is 0 Å². The highest BCUT2D eigenvalue weighted by atomic mass is 32.1. The molecule has 2 heterocycles. The van der Waals surface area contributed by atoms with Crippen molar-refractivity contribution in [2.24, 2.45) is 0 Å². The normalized spacial score (nSPS) is 12.0. The number of fused-ring (bicyclic) bond motifs is 8. The molecule has 0 spiro atoms. The molecule has 2 aromatic heterocycles. The number of hydrogen-bond acceptors (Lipinski definition) is 2. The number of benzene rings is 7. The third kappa shape index (κ3) is 3.12. The smallest absolute Gasteiger partial charge is 0.0542 e. The van der Waals surface area contributed by atoms with Crippen LogP contribution in [0.3, 0.4) is 0 Å². The Kier molecular flexibility index (Phi) is 4.74. The Morgan fingerprint density at radius 1 is 0.350 bits per heavy atom. The van der Waals surface area contributed by atoms with E-state index < -0.39 is 0 Å². The SMILES string of the molecule is c1ccc2cc(-c3c4ccccc4c(-c4cccc5c4sc4c6ccccc6sc54)c4ccccc34)ccc2c1. The van der Waals surface area contributed by atoms with Crippen LogP contribution in [0.4, 0.5) is 0 Å². The van der Waals surface area contributed by atoms with Crippen LogP contribution in [-0.4, -0.2) is 0 Å². The van der Waals surface area contributed by atoms with E-state index in [4.69, 9.17) is 0 Å². The lowest BCUT2D eigenvalue weighted by Crippen LogP contribution is -1.91. The highest BCUT2D eigenvalue weighted by Crippen LogP contribution is 2.50. The monoisotopic (exact) mass is 542 g/mol. The van der Waals surface area contributed by atoms with Gasteiger partial charge in [-0.25, -0.2) is 0 Å². The van der Waals surface area contributed by atoms with E-state index in [2.05, 4.69) is 133 Å². The van der Waals surface area contributed by atoms with Crippen LogP contribution in [0.15, 0.2) is 133 Å². The van der Waals surface area contributed by atoms with Crippen molar-refractivity contribution in [1.29, 1.82) is 0 Å². The van der Waals surface area contributed by atoms with Gasteiger partial charge < -0.3 is 0 Å². The second-order valence-corrected chi connectivity index (χ2v) is 12.5. The van der Waals surface area contributed by atoms with Crippen molar-refractivity contribution in [2.75, 3.05) is 0 Å². The second kappa shape index (κ2) is 8.50. The van der Waals surface area contributed by atoms with Crippen molar-refractivity contribution in [3.63, 3.8) is 0 Å². The maximum Gasteiger partial charge on any atom is 0.0542 e. The zero-order chi connectivity index (χ0) is 26.2. The lowest BCUT2D eigenvalue weighted by Gasteiger charge is -2.18. The van der Waals surface area contributed by atoms with Gasteiger partial charge in [-0.1, -0.05) is 121 Å². The summed E-state index contributed by atoms with van der Waals surface area (Å²) in [5, 5.41) is 10.5. The van der Waals surface area contributed by atoms with Gasteiger partial charge in [0.1, 0.15) is 0 Å². The molecule has 0 fully saturated rings. The van der Waals surface area contributed by atoms with Gasteiger partial charge in [-0.05, 0) is 61.1 Å². The minimum absolute atomic E-state index is 1.26. The van der Waals surface area contributed by atoms with Gasteiger partial charge in [0, 0.05) is 25.7 Å².